The average molecular weight is 320 g/mol. The molecular weight excluding hydrogens is 292 g/mol. The largest absolute Gasteiger partial charge is 0.465 e. The zero-order chi connectivity index (χ0) is 17.4. The molecule has 5 heteroatoms. The highest BCUT2D eigenvalue weighted by molar-refractivity contribution is 5.76. The Kier molecular flexibility index (Phi) is 7.59. The normalized spacial score (nSPS) is 12.0. The van der Waals surface area contributed by atoms with Gasteiger partial charge in [0.2, 0.25) is 5.91 Å². The fourth-order valence-corrected chi connectivity index (χ4v) is 2.40. The van der Waals surface area contributed by atoms with Gasteiger partial charge in [-0.2, -0.15) is 0 Å². The molecule has 0 saturated heterocycles. The van der Waals surface area contributed by atoms with E-state index in [1.54, 1.807) is 0 Å². The van der Waals surface area contributed by atoms with Gasteiger partial charge in [0.25, 0.3) is 0 Å². The second kappa shape index (κ2) is 9.18. The van der Waals surface area contributed by atoms with Gasteiger partial charge >= 0.3 is 6.09 Å². The Morgan fingerprint density at radius 1 is 1.17 bits per heavy atom. The number of benzene rings is 1. The summed E-state index contributed by atoms with van der Waals surface area (Å²) in [7, 11) is 0. The van der Waals surface area contributed by atoms with Crippen LogP contribution in [0.15, 0.2) is 24.3 Å². The van der Waals surface area contributed by atoms with Crippen molar-refractivity contribution in [2.45, 2.75) is 46.6 Å². The van der Waals surface area contributed by atoms with Crippen molar-refractivity contribution in [2.24, 2.45) is 5.92 Å². The SMILES string of the molecule is Cc1ccc(CCNC(=O)CC(C)CN(C(=O)O)C(C)C)cc1. The van der Waals surface area contributed by atoms with Crippen molar-refractivity contribution in [1.29, 1.82) is 0 Å². The van der Waals surface area contributed by atoms with Gasteiger partial charge in [0.15, 0.2) is 0 Å². The second-order valence-corrected chi connectivity index (χ2v) is 6.42. The number of carbonyl (C=O) groups excluding carboxylic acids is 1. The smallest absolute Gasteiger partial charge is 0.407 e. The van der Waals surface area contributed by atoms with Crippen LogP contribution >= 0.6 is 0 Å². The molecule has 0 fully saturated rings. The molecule has 1 unspecified atom stereocenters. The maximum absolute atomic E-state index is 11.9. The Morgan fingerprint density at radius 3 is 2.30 bits per heavy atom. The molecule has 0 saturated carbocycles. The lowest BCUT2D eigenvalue weighted by molar-refractivity contribution is -0.122. The first-order valence-electron chi connectivity index (χ1n) is 8.11. The van der Waals surface area contributed by atoms with E-state index in [1.165, 1.54) is 16.0 Å². The molecule has 2 N–H and O–H groups in total. The molecule has 23 heavy (non-hydrogen) atoms. The van der Waals surface area contributed by atoms with E-state index in [0.717, 1.165) is 6.42 Å². The number of hydrogen-bond acceptors (Lipinski definition) is 2. The van der Waals surface area contributed by atoms with E-state index in [0.29, 0.717) is 19.5 Å². The van der Waals surface area contributed by atoms with Gasteiger partial charge in [-0.15, -0.1) is 0 Å². The van der Waals surface area contributed by atoms with Crippen molar-refractivity contribution >= 4 is 12.0 Å². The summed E-state index contributed by atoms with van der Waals surface area (Å²) in [6.07, 6.45) is 0.199. The van der Waals surface area contributed by atoms with Crippen molar-refractivity contribution in [1.82, 2.24) is 10.2 Å². The summed E-state index contributed by atoms with van der Waals surface area (Å²) in [6, 6.07) is 8.17. The van der Waals surface area contributed by atoms with Gasteiger partial charge in [0.05, 0.1) is 0 Å². The first-order valence-corrected chi connectivity index (χ1v) is 8.11. The molecule has 1 atom stereocenters. The number of carboxylic acid groups (broad SMARTS) is 1. The predicted octanol–water partition coefficient (Wildman–Crippen LogP) is 3.07. The number of amides is 2. The molecule has 0 aromatic heterocycles. The minimum Gasteiger partial charge on any atom is -0.465 e. The molecule has 0 spiro atoms. The van der Waals surface area contributed by atoms with Crippen molar-refractivity contribution in [3.05, 3.63) is 35.4 Å². The number of hydrogen-bond donors (Lipinski definition) is 2. The second-order valence-electron chi connectivity index (χ2n) is 6.42. The van der Waals surface area contributed by atoms with Gasteiger partial charge in [-0.3, -0.25) is 4.79 Å². The van der Waals surface area contributed by atoms with E-state index in [9.17, 15) is 9.59 Å². The highest BCUT2D eigenvalue weighted by Gasteiger charge is 2.19. The summed E-state index contributed by atoms with van der Waals surface area (Å²) in [5.74, 6) is -0.0356. The maximum atomic E-state index is 11.9. The summed E-state index contributed by atoms with van der Waals surface area (Å²) in [4.78, 5) is 24.4. The number of rotatable bonds is 8. The minimum absolute atomic E-state index is 0.00660. The third kappa shape index (κ3) is 7.17. The van der Waals surface area contributed by atoms with E-state index < -0.39 is 6.09 Å². The number of nitrogens with zero attached hydrogens (tertiary/aromatic N) is 1. The van der Waals surface area contributed by atoms with Crippen molar-refractivity contribution in [3.8, 4) is 0 Å². The van der Waals surface area contributed by atoms with Crippen LogP contribution in [-0.4, -0.2) is 41.1 Å². The zero-order valence-corrected chi connectivity index (χ0v) is 14.5. The Hall–Kier alpha value is -2.04. The third-order valence-corrected chi connectivity index (χ3v) is 3.77. The van der Waals surface area contributed by atoms with E-state index in [1.807, 2.05) is 27.7 Å². The minimum atomic E-state index is -0.938. The van der Waals surface area contributed by atoms with Gasteiger partial charge < -0.3 is 15.3 Å². The molecule has 0 bridgehead atoms. The van der Waals surface area contributed by atoms with Crippen LogP contribution in [-0.2, 0) is 11.2 Å². The molecule has 0 aliphatic rings. The predicted molar refractivity (Wildman–Crippen MR) is 91.5 cm³/mol. The topological polar surface area (TPSA) is 69.6 Å². The Labute approximate surface area is 138 Å². The van der Waals surface area contributed by atoms with E-state index in [-0.39, 0.29) is 17.9 Å². The van der Waals surface area contributed by atoms with Crippen LogP contribution < -0.4 is 5.32 Å². The summed E-state index contributed by atoms with van der Waals surface area (Å²) in [5, 5.41) is 12.0. The summed E-state index contributed by atoms with van der Waals surface area (Å²) >= 11 is 0. The molecule has 2 amide bonds. The average Bonchev–Trinajstić information content (AvgIpc) is 2.46. The molecule has 1 rings (SSSR count). The Bertz CT molecular complexity index is 512. The van der Waals surface area contributed by atoms with Crippen molar-refractivity contribution in [3.63, 3.8) is 0 Å². The molecule has 5 nitrogen and oxygen atoms in total. The van der Waals surface area contributed by atoms with Crippen LogP contribution in [0.5, 0.6) is 0 Å². The lowest BCUT2D eigenvalue weighted by atomic mass is 10.1. The lowest BCUT2D eigenvalue weighted by Gasteiger charge is -2.26. The molecule has 1 aromatic rings. The Morgan fingerprint density at radius 2 is 1.78 bits per heavy atom. The van der Waals surface area contributed by atoms with Crippen molar-refractivity contribution in [2.75, 3.05) is 13.1 Å². The van der Waals surface area contributed by atoms with Crippen LogP contribution in [0, 0.1) is 12.8 Å². The third-order valence-electron chi connectivity index (χ3n) is 3.77. The molecule has 1 aromatic carbocycles. The fraction of sp³-hybridized carbons (Fsp3) is 0.556. The van der Waals surface area contributed by atoms with Crippen molar-refractivity contribution < 1.29 is 14.7 Å². The molecule has 0 aliphatic carbocycles. The summed E-state index contributed by atoms with van der Waals surface area (Å²) in [6.45, 7) is 8.59. The standard InChI is InChI=1S/C18H28N2O3/c1-13(2)20(18(22)23)12-15(4)11-17(21)19-10-9-16-7-5-14(3)6-8-16/h5-8,13,15H,9-12H2,1-4H3,(H,19,21)(H,22,23). The Balaban J connectivity index is 2.32. The molecule has 128 valence electrons. The quantitative estimate of drug-likeness (QED) is 0.773. The van der Waals surface area contributed by atoms with E-state index in [4.69, 9.17) is 5.11 Å². The van der Waals surface area contributed by atoms with Crippen LogP contribution in [0.2, 0.25) is 0 Å². The van der Waals surface area contributed by atoms with Crippen LogP contribution in [0.3, 0.4) is 0 Å². The monoisotopic (exact) mass is 320 g/mol. The first-order chi connectivity index (χ1) is 10.8. The maximum Gasteiger partial charge on any atom is 0.407 e. The van der Waals surface area contributed by atoms with E-state index in [2.05, 4.69) is 29.6 Å². The first kappa shape index (κ1) is 19.0. The van der Waals surface area contributed by atoms with Crippen LogP contribution in [0.25, 0.3) is 0 Å². The van der Waals surface area contributed by atoms with Crippen LogP contribution in [0.1, 0.15) is 38.3 Å². The summed E-state index contributed by atoms with van der Waals surface area (Å²) in [5.41, 5.74) is 2.42. The zero-order valence-electron chi connectivity index (χ0n) is 14.5. The van der Waals surface area contributed by atoms with Gasteiger partial charge in [0, 0.05) is 25.6 Å². The summed E-state index contributed by atoms with van der Waals surface area (Å²) < 4.78 is 0. The van der Waals surface area contributed by atoms with E-state index >= 15 is 0 Å². The van der Waals surface area contributed by atoms with Gasteiger partial charge in [-0.05, 0) is 38.7 Å². The van der Waals surface area contributed by atoms with Gasteiger partial charge in [-0.25, -0.2) is 4.79 Å². The molecular formula is C18H28N2O3. The number of carbonyl (C=O) groups is 2. The molecule has 0 heterocycles. The highest BCUT2D eigenvalue weighted by atomic mass is 16.4. The molecule has 0 aliphatic heterocycles. The lowest BCUT2D eigenvalue weighted by Crippen LogP contribution is -2.40. The number of nitrogens with one attached hydrogen (secondary N) is 1. The van der Waals surface area contributed by atoms with Crippen LogP contribution in [0.4, 0.5) is 4.79 Å². The molecule has 0 radical (unpaired) electrons. The fourth-order valence-electron chi connectivity index (χ4n) is 2.40. The highest BCUT2D eigenvalue weighted by Crippen LogP contribution is 2.09. The van der Waals surface area contributed by atoms with Gasteiger partial charge in [0.1, 0.15) is 0 Å². The van der Waals surface area contributed by atoms with Gasteiger partial charge in [-0.1, -0.05) is 36.8 Å². The number of aryl methyl sites for hydroxylation is 1.